The lowest BCUT2D eigenvalue weighted by atomic mass is 10.1. The van der Waals surface area contributed by atoms with Gasteiger partial charge in [0.1, 0.15) is 0 Å². The molecule has 3 heteroatoms. The Bertz CT molecular complexity index is 660. The minimum atomic E-state index is 0.816. The van der Waals surface area contributed by atoms with Crippen molar-refractivity contribution in [1.29, 1.82) is 0 Å². The Morgan fingerprint density at radius 3 is 2.58 bits per heavy atom. The molecule has 0 atom stereocenters. The zero-order valence-corrected chi connectivity index (χ0v) is 10.6. The van der Waals surface area contributed by atoms with E-state index in [1.54, 1.807) is 0 Å². The van der Waals surface area contributed by atoms with Gasteiger partial charge in [-0.1, -0.05) is 24.3 Å². The van der Waals surface area contributed by atoms with E-state index >= 15 is 0 Å². The molecule has 0 unspecified atom stereocenters. The zero-order chi connectivity index (χ0) is 12.9. The summed E-state index contributed by atoms with van der Waals surface area (Å²) in [6.45, 7) is 1.66. The third-order valence-corrected chi connectivity index (χ3v) is 3.14. The summed E-state index contributed by atoms with van der Waals surface area (Å²) in [5.41, 5.74) is 2.47. The van der Waals surface area contributed by atoms with Gasteiger partial charge < -0.3 is 5.32 Å². The maximum atomic E-state index is 4.29. The first-order valence-corrected chi connectivity index (χ1v) is 6.35. The molecule has 2 heterocycles. The maximum Gasteiger partial charge on any atom is 0.0346 e. The second-order valence-corrected chi connectivity index (χ2v) is 4.48. The Labute approximate surface area is 112 Å². The van der Waals surface area contributed by atoms with Gasteiger partial charge in [0.25, 0.3) is 0 Å². The summed E-state index contributed by atoms with van der Waals surface area (Å²) in [5.74, 6) is 0. The molecule has 3 nitrogen and oxygen atoms in total. The van der Waals surface area contributed by atoms with E-state index in [9.17, 15) is 0 Å². The summed E-state index contributed by atoms with van der Waals surface area (Å²) in [6, 6.07) is 12.4. The molecule has 94 valence electrons. The van der Waals surface area contributed by atoms with Crippen molar-refractivity contribution >= 4 is 10.8 Å². The first kappa shape index (κ1) is 11.8. The SMILES string of the molecule is c1ccc2c(CNCc3ccncc3)cncc2c1. The molecular formula is C16H15N3. The molecular weight excluding hydrogens is 234 g/mol. The van der Waals surface area contributed by atoms with Crippen LogP contribution in [0.4, 0.5) is 0 Å². The van der Waals surface area contributed by atoms with Gasteiger partial charge in [-0.15, -0.1) is 0 Å². The Morgan fingerprint density at radius 2 is 1.68 bits per heavy atom. The van der Waals surface area contributed by atoms with E-state index in [4.69, 9.17) is 0 Å². The zero-order valence-electron chi connectivity index (χ0n) is 10.6. The average molecular weight is 249 g/mol. The largest absolute Gasteiger partial charge is 0.309 e. The van der Waals surface area contributed by atoms with Crippen LogP contribution in [0.5, 0.6) is 0 Å². The van der Waals surface area contributed by atoms with Gasteiger partial charge in [0, 0.05) is 43.3 Å². The number of benzene rings is 1. The van der Waals surface area contributed by atoms with Gasteiger partial charge in [-0.25, -0.2) is 0 Å². The summed E-state index contributed by atoms with van der Waals surface area (Å²) in [5, 5.41) is 5.89. The van der Waals surface area contributed by atoms with Crippen LogP contribution in [0, 0.1) is 0 Å². The van der Waals surface area contributed by atoms with Gasteiger partial charge in [-0.05, 0) is 28.6 Å². The van der Waals surface area contributed by atoms with Crippen LogP contribution in [-0.2, 0) is 13.1 Å². The van der Waals surface area contributed by atoms with E-state index < -0.39 is 0 Å². The van der Waals surface area contributed by atoms with Crippen molar-refractivity contribution in [2.75, 3.05) is 0 Å². The third kappa shape index (κ3) is 2.77. The predicted molar refractivity (Wildman–Crippen MR) is 76.5 cm³/mol. The van der Waals surface area contributed by atoms with Gasteiger partial charge in [-0.3, -0.25) is 9.97 Å². The number of hydrogen-bond acceptors (Lipinski definition) is 3. The lowest BCUT2D eigenvalue weighted by Crippen LogP contribution is -2.13. The number of fused-ring (bicyclic) bond motifs is 1. The van der Waals surface area contributed by atoms with Gasteiger partial charge in [-0.2, -0.15) is 0 Å². The minimum Gasteiger partial charge on any atom is -0.309 e. The van der Waals surface area contributed by atoms with Crippen LogP contribution in [0.15, 0.2) is 61.2 Å². The molecule has 0 aliphatic heterocycles. The minimum absolute atomic E-state index is 0.816. The number of pyridine rings is 2. The lowest BCUT2D eigenvalue weighted by molar-refractivity contribution is 0.694. The van der Waals surface area contributed by atoms with Crippen molar-refractivity contribution in [2.45, 2.75) is 13.1 Å². The highest BCUT2D eigenvalue weighted by molar-refractivity contribution is 5.84. The van der Waals surface area contributed by atoms with E-state index in [1.165, 1.54) is 21.9 Å². The molecule has 0 saturated carbocycles. The normalized spacial score (nSPS) is 10.7. The van der Waals surface area contributed by atoms with Gasteiger partial charge >= 0.3 is 0 Å². The van der Waals surface area contributed by atoms with Crippen LogP contribution in [0.3, 0.4) is 0 Å². The van der Waals surface area contributed by atoms with E-state index in [-0.39, 0.29) is 0 Å². The number of nitrogens with zero attached hydrogens (tertiary/aromatic N) is 2. The van der Waals surface area contributed by atoms with Crippen molar-refractivity contribution in [2.24, 2.45) is 0 Å². The molecule has 2 aromatic heterocycles. The van der Waals surface area contributed by atoms with Gasteiger partial charge in [0.15, 0.2) is 0 Å². The number of nitrogens with one attached hydrogen (secondary N) is 1. The highest BCUT2D eigenvalue weighted by atomic mass is 14.9. The molecule has 19 heavy (non-hydrogen) atoms. The fraction of sp³-hybridized carbons (Fsp3) is 0.125. The third-order valence-electron chi connectivity index (χ3n) is 3.14. The van der Waals surface area contributed by atoms with Crippen LogP contribution in [-0.4, -0.2) is 9.97 Å². The van der Waals surface area contributed by atoms with Crippen LogP contribution in [0.1, 0.15) is 11.1 Å². The summed E-state index contributed by atoms with van der Waals surface area (Å²) in [7, 11) is 0. The van der Waals surface area contributed by atoms with E-state index in [0.29, 0.717) is 0 Å². The molecule has 0 bridgehead atoms. The van der Waals surface area contributed by atoms with Crippen LogP contribution in [0.2, 0.25) is 0 Å². The van der Waals surface area contributed by atoms with E-state index in [1.807, 2.05) is 43.0 Å². The number of aromatic nitrogens is 2. The smallest absolute Gasteiger partial charge is 0.0346 e. The number of hydrogen-bond donors (Lipinski definition) is 1. The molecule has 3 rings (SSSR count). The van der Waals surface area contributed by atoms with Crippen LogP contribution < -0.4 is 5.32 Å². The summed E-state index contributed by atoms with van der Waals surface area (Å²) < 4.78 is 0. The predicted octanol–water partition coefficient (Wildman–Crippen LogP) is 2.92. The van der Waals surface area contributed by atoms with E-state index in [2.05, 4.69) is 33.5 Å². The molecule has 0 amide bonds. The van der Waals surface area contributed by atoms with Crippen molar-refractivity contribution in [1.82, 2.24) is 15.3 Å². The summed E-state index contributed by atoms with van der Waals surface area (Å²) in [4.78, 5) is 8.30. The van der Waals surface area contributed by atoms with Gasteiger partial charge in [0.2, 0.25) is 0 Å². The van der Waals surface area contributed by atoms with E-state index in [0.717, 1.165) is 13.1 Å². The van der Waals surface area contributed by atoms with Crippen LogP contribution in [0.25, 0.3) is 10.8 Å². The molecule has 0 aliphatic rings. The van der Waals surface area contributed by atoms with Crippen LogP contribution >= 0.6 is 0 Å². The second kappa shape index (κ2) is 5.59. The maximum absolute atomic E-state index is 4.29. The Hall–Kier alpha value is -2.26. The molecule has 0 saturated heterocycles. The highest BCUT2D eigenvalue weighted by Gasteiger charge is 2.00. The average Bonchev–Trinajstić information content (AvgIpc) is 2.49. The van der Waals surface area contributed by atoms with Crippen molar-refractivity contribution in [3.63, 3.8) is 0 Å². The molecule has 3 aromatic rings. The Morgan fingerprint density at radius 1 is 0.842 bits per heavy atom. The molecule has 1 N–H and O–H groups in total. The fourth-order valence-electron chi connectivity index (χ4n) is 2.16. The monoisotopic (exact) mass is 249 g/mol. The quantitative estimate of drug-likeness (QED) is 0.772. The molecule has 0 spiro atoms. The van der Waals surface area contributed by atoms with Crippen molar-refractivity contribution < 1.29 is 0 Å². The van der Waals surface area contributed by atoms with Crippen molar-refractivity contribution in [3.05, 3.63) is 72.3 Å². The fourth-order valence-corrected chi connectivity index (χ4v) is 2.16. The first-order valence-electron chi connectivity index (χ1n) is 6.35. The standard InChI is InChI=1S/C16H15N3/c1-2-4-16-14(3-1)10-19-12-15(16)11-18-9-13-5-7-17-8-6-13/h1-8,10,12,18H,9,11H2. The number of rotatable bonds is 4. The highest BCUT2D eigenvalue weighted by Crippen LogP contribution is 2.16. The Balaban J connectivity index is 1.72. The van der Waals surface area contributed by atoms with Crippen molar-refractivity contribution in [3.8, 4) is 0 Å². The first-order chi connectivity index (χ1) is 9.43. The molecule has 0 radical (unpaired) electrons. The topological polar surface area (TPSA) is 37.8 Å². The summed E-state index contributed by atoms with van der Waals surface area (Å²) >= 11 is 0. The molecule has 0 aliphatic carbocycles. The lowest BCUT2D eigenvalue weighted by Gasteiger charge is -2.07. The second-order valence-electron chi connectivity index (χ2n) is 4.48. The Kier molecular flexibility index (Phi) is 3.47. The van der Waals surface area contributed by atoms with Gasteiger partial charge in [0.05, 0.1) is 0 Å². The molecule has 0 fully saturated rings. The summed E-state index contributed by atoms with van der Waals surface area (Å²) in [6.07, 6.45) is 7.47. The molecule has 1 aromatic carbocycles.